The van der Waals surface area contributed by atoms with Crippen LogP contribution in [-0.4, -0.2) is 64.4 Å². The Morgan fingerprint density at radius 3 is 2.50 bits per heavy atom. The SMILES string of the molecule is CO[C@@H]1[C@@H](CS(=O)(=O)c2ccccc2)[C@H](CC=O)O[C@@H]1CC1COC(C)(C)O1. The highest BCUT2D eigenvalue weighted by molar-refractivity contribution is 7.91. The van der Waals surface area contributed by atoms with Gasteiger partial charge in [-0.15, -0.1) is 0 Å². The number of benzene rings is 1. The third kappa shape index (κ3) is 4.80. The zero-order valence-corrected chi connectivity index (χ0v) is 17.3. The molecular formula is C20H28O7S. The van der Waals surface area contributed by atoms with Crippen LogP contribution in [0.25, 0.3) is 0 Å². The molecular weight excluding hydrogens is 384 g/mol. The van der Waals surface area contributed by atoms with Gasteiger partial charge in [-0.05, 0) is 26.0 Å². The van der Waals surface area contributed by atoms with Gasteiger partial charge in [0.25, 0.3) is 0 Å². The van der Waals surface area contributed by atoms with Gasteiger partial charge in [0, 0.05) is 25.9 Å². The van der Waals surface area contributed by atoms with Gasteiger partial charge >= 0.3 is 0 Å². The monoisotopic (exact) mass is 412 g/mol. The summed E-state index contributed by atoms with van der Waals surface area (Å²) in [5.74, 6) is -1.23. The Morgan fingerprint density at radius 1 is 1.21 bits per heavy atom. The van der Waals surface area contributed by atoms with E-state index in [1.54, 1.807) is 37.4 Å². The van der Waals surface area contributed by atoms with Crippen LogP contribution in [0.15, 0.2) is 35.2 Å². The van der Waals surface area contributed by atoms with Crippen LogP contribution in [0, 0.1) is 5.92 Å². The van der Waals surface area contributed by atoms with Crippen molar-refractivity contribution >= 4 is 16.1 Å². The summed E-state index contributed by atoms with van der Waals surface area (Å²) in [6.45, 7) is 4.14. The van der Waals surface area contributed by atoms with Crippen LogP contribution < -0.4 is 0 Å². The lowest BCUT2D eigenvalue weighted by molar-refractivity contribution is -0.144. The Bertz CT molecular complexity index is 762. The van der Waals surface area contributed by atoms with Gasteiger partial charge in [0.1, 0.15) is 6.29 Å². The van der Waals surface area contributed by atoms with Crippen LogP contribution in [0.4, 0.5) is 0 Å². The van der Waals surface area contributed by atoms with Crippen molar-refractivity contribution in [3.8, 4) is 0 Å². The zero-order valence-electron chi connectivity index (χ0n) is 16.4. The van der Waals surface area contributed by atoms with E-state index < -0.39 is 33.8 Å². The van der Waals surface area contributed by atoms with E-state index >= 15 is 0 Å². The number of ether oxygens (including phenoxy) is 4. The number of methoxy groups -OCH3 is 1. The van der Waals surface area contributed by atoms with Crippen molar-refractivity contribution in [1.82, 2.24) is 0 Å². The molecule has 1 aromatic rings. The van der Waals surface area contributed by atoms with Crippen LogP contribution in [0.1, 0.15) is 26.7 Å². The second kappa shape index (κ2) is 8.59. The quantitative estimate of drug-likeness (QED) is 0.603. The molecule has 2 aliphatic rings. The highest BCUT2D eigenvalue weighted by atomic mass is 32.2. The molecule has 2 heterocycles. The Morgan fingerprint density at radius 2 is 1.93 bits per heavy atom. The number of rotatable bonds is 8. The molecule has 3 rings (SSSR count). The molecule has 0 aliphatic carbocycles. The van der Waals surface area contributed by atoms with Crippen molar-refractivity contribution in [2.45, 2.75) is 61.8 Å². The number of sulfone groups is 1. The molecule has 0 radical (unpaired) electrons. The molecule has 7 nitrogen and oxygen atoms in total. The standard InChI is InChI=1S/C20H28O7S/c1-20(2)25-12-14(27-20)11-18-19(24-3)16(17(26-18)9-10-21)13-28(22,23)15-7-5-4-6-8-15/h4-8,10,14,16-19H,9,11-13H2,1-3H3/t14?,16-,17-,18+,19+/m0/s1. The van der Waals surface area contributed by atoms with Gasteiger partial charge in [0.2, 0.25) is 0 Å². The van der Waals surface area contributed by atoms with Crippen molar-refractivity contribution in [3.05, 3.63) is 30.3 Å². The lowest BCUT2D eigenvalue weighted by atomic mass is 9.94. The van der Waals surface area contributed by atoms with Crippen LogP contribution in [0.5, 0.6) is 0 Å². The summed E-state index contributed by atoms with van der Waals surface area (Å²) in [5.41, 5.74) is 0. The number of aldehydes is 1. The molecule has 8 heteroatoms. The molecule has 1 aromatic carbocycles. The number of hydrogen-bond donors (Lipinski definition) is 0. The molecule has 0 saturated carbocycles. The fourth-order valence-corrected chi connectivity index (χ4v) is 5.72. The molecule has 0 N–H and O–H groups in total. The van der Waals surface area contributed by atoms with Crippen LogP contribution in [0.2, 0.25) is 0 Å². The van der Waals surface area contributed by atoms with Gasteiger partial charge < -0.3 is 23.7 Å². The highest BCUT2D eigenvalue weighted by Crippen LogP contribution is 2.37. The minimum Gasteiger partial charge on any atom is -0.378 e. The molecule has 2 fully saturated rings. The van der Waals surface area contributed by atoms with E-state index in [4.69, 9.17) is 18.9 Å². The minimum absolute atomic E-state index is 0.124. The second-order valence-electron chi connectivity index (χ2n) is 7.76. The van der Waals surface area contributed by atoms with Gasteiger partial charge in [-0.2, -0.15) is 0 Å². The lowest BCUT2D eigenvalue weighted by Crippen LogP contribution is -2.36. The molecule has 28 heavy (non-hydrogen) atoms. The maximum atomic E-state index is 12.9. The van der Waals surface area contributed by atoms with Crippen LogP contribution in [-0.2, 0) is 33.6 Å². The third-order valence-corrected chi connectivity index (χ3v) is 7.11. The summed E-state index contributed by atoms with van der Waals surface area (Å²) < 4.78 is 49.0. The van der Waals surface area contributed by atoms with Gasteiger partial charge in [-0.25, -0.2) is 8.42 Å². The first-order valence-electron chi connectivity index (χ1n) is 9.47. The maximum absolute atomic E-state index is 12.9. The molecule has 0 amide bonds. The van der Waals surface area contributed by atoms with E-state index in [9.17, 15) is 13.2 Å². The zero-order chi connectivity index (χ0) is 20.4. The summed E-state index contributed by atoms with van der Waals surface area (Å²) in [4.78, 5) is 11.4. The average molecular weight is 413 g/mol. The molecule has 0 spiro atoms. The first-order valence-corrected chi connectivity index (χ1v) is 11.1. The van der Waals surface area contributed by atoms with Crippen molar-refractivity contribution < 1.29 is 32.2 Å². The fraction of sp³-hybridized carbons (Fsp3) is 0.650. The van der Waals surface area contributed by atoms with Gasteiger partial charge in [0.15, 0.2) is 15.6 Å². The van der Waals surface area contributed by atoms with E-state index in [0.29, 0.717) is 13.0 Å². The van der Waals surface area contributed by atoms with Crippen molar-refractivity contribution in [1.29, 1.82) is 0 Å². The second-order valence-corrected chi connectivity index (χ2v) is 9.79. The van der Waals surface area contributed by atoms with Gasteiger partial charge in [-0.1, -0.05) is 18.2 Å². The molecule has 1 unspecified atom stereocenters. The third-order valence-electron chi connectivity index (χ3n) is 5.29. The predicted octanol–water partition coefficient (Wildman–Crippen LogP) is 1.99. The predicted molar refractivity (Wildman–Crippen MR) is 102 cm³/mol. The normalized spacial score (nSPS) is 32.5. The van der Waals surface area contributed by atoms with Crippen LogP contribution in [0.3, 0.4) is 0 Å². The fourth-order valence-electron chi connectivity index (χ4n) is 4.05. The number of hydrogen-bond acceptors (Lipinski definition) is 7. The Balaban J connectivity index is 1.77. The first-order chi connectivity index (χ1) is 13.3. The lowest BCUT2D eigenvalue weighted by Gasteiger charge is -2.24. The molecule has 0 aromatic heterocycles. The van der Waals surface area contributed by atoms with Gasteiger partial charge in [0.05, 0.1) is 41.7 Å². The van der Waals surface area contributed by atoms with Crippen molar-refractivity contribution in [2.24, 2.45) is 5.92 Å². The Kier molecular flexibility index (Phi) is 6.56. The van der Waals surface area contributed by atoms with Crippen molar-refractivity contribution in [2.75, 3.05) is 19.5 Å². The molecule has 0 bridgehead atoms. The summed E-state index contributed by atoms with van der Waals surface area (Å²) in [6, 6.07) is 8.30. The van der Waals surface area contributed by atoms with E-state index in [0.717, 1.165) is 6.29 Å². The van der Waals surface area contributed by atoms with E-state index in [-0.39, 0.29) is 29.3 Å². The topological polar surface area (TPSA) is 88.1 Å². The highest BCUT2D eigenvalue weighted by Gasteiger charge is 2.48. The summed E-state index contributed by atoms with van der Waals surface area (Å²) in [6.07, 6.45) is -0.0949. The maximum Gasteiger partial charge on any atom is 0.178 e. The largest absolute Gasteiger partial charge is 0.378 e. The molecule has 156 valence electrons. The molecule has 2 saturated heterocycles. The summed E-state index contributed by atoms with van der Waals surface area (Å²) in [5, 5.41) is 0. The smallest absolute Gasteiger partial charge is 0.178 e. The van der Waals surface area contributed by atoms with E-state index in [2.05, 4.69) is 0 Å². The minimum atomic E-state index is -3.54. The molecule has 5 atom stereocenters. The van der Waals surface area contributed by atoms with Gasteiger partial charge in [-0.3, -0.25) is 0 Å². The Labute approximate surface area is 166 Å². The van der Waals surface area contributed by atoms with Crippen LogP contribution >= 0.6 is 0 Å². The number of carbonyl (C=O) groups is 1. The van der Waals surface area contributed by atoms with E-state index in [1.165, 1.54) is 0 Å². The molecule has 2 aliphatic heterocycles. The number of carbonyl (C=O) groups excluding carboxylic acids is 1. The summed E-state index contributed by atoms with van der Waals surface area (Å²) >= 11 is 0. The van der Waals surface area contributed by atoms with E-state index in [1.807, 2.05) is 13.8 Å². The first kappa shape index (κ1) is 21.4. The Hall–Kier alpha value is -1.32. The summed E-state index contributed by atoms with van der Waals surface area (Å²) in [7, 11) is -2.00. The average Bonchev–Trinajstić information content (AvgIpc) is 3.15. The van der Waals surface area contributed by atoms with Crippen molar-refractivity contribution in [3.63, 3.8) is 0 Å².